The number of rotatable bonds is 5. The number of amides is 2. The third kappa shape index (κ3) is 4.74. The molecule has 0 bridgehead atoms. The molecule has 1 aromatic rings. The van der Waals surface area contributed by atoms with Gasteiger partial charge in [-0.15, -0.1) is 11.8 Å². The third-order valence-electron chi connectivity index (χ3n) is 4.05. The van der Waals surface area contributed by atoms with Gasteiger partial charge in [-0.1, -0.05) is 36.2 Å². The highest BCUT2D eigenvalue weighted by Crippen LogP contribution is 2.17. The van der Waals surface area contributed by atoms with Gasteiger partial charge in [-0.25, -0.2) is 0 Å². The fourth-order valence-electron chi connectivity index (χ4n) is 3.02. The molecule has 1 aromatic carbocycles. The predicted molar refractivity (Wildman–Crippen MR) is 95.5 cm³/mol. The maximum Gasteiger partial charge on any atom is 0.242 e. The normalized spacial score (nSPS) is 16.6. The zero-order valence-electron chi connectivity index (χ0n) is 14.5. The molecule has 0 radical (unpaired) electrons. The highest BCUT2D eigenvalue weighted by atomic mass is 32.2. The van der Waals surface area contributed by atoms with Crippen LogP contribution in [-0.4, -0.2) is 52.3 Å². The average Bonchev–Trinajstić information content (AvgIpc) is 2.48. The fourth-order valence-corrected chi connectivity index (χ4v) is 3.81. The van der Waals surface area contributed by atoms with Gasteiger partial charge >= 0.3 is 0 Å². The summed E-state index contributed by atoms with van der Waals surface area (Å²) in [5.74, 6) is 1.03. The highest BCUT2D eigenvalue weighted by molar-refractivity contribution is 8.00. The Morgan fingerprint density at radius 2 is 1.87 bits per heavy atom. The van der Waals surface area contributed by atoms with Gasteiger partial charge in [0, 0.05) is 19.6 Å². The maximum absolute atomic E-state index is 12.4. The summed E-state index contributed by atoms with van der Waals surface area (Å²) in [6.07, 6.45) is 0. The Morgan fingerprint density at radius 1 is 1.22 bits per heavy atom. The smallest absolute Gasteiger partial charge is 0.242 e. The van der Waals surface area contributed by atoms with Crippen molar-refractivity contribution < 1.29 is 9.59 Å². The first kappa shape index (κ1) is 17.9. The van der Waals surface area contributed by atoms with Crippen molar-refractivity contribution in [3.8, 4) is 0 Å². The van der Waals surface area contributed by atoms with E-state index in [1.165, 1.54) is 11.1 Å². The molecular weight excluding hydrogens is 308 g/mol. The quantitative estimate of drug-likeness (QED) is 0.831. The molecule has 1 saturated heterocycles. The third-order valence-corrected chi connectivity index (χ3v) is 5.08. The van der Waals surface area contributed by atoms with Crippen LogP contribution in [0, 0.1) is 13.8 Å². The van der Waals surface area contributed by atoms with E-state index in [0.717, 1.165) is 11.3 Å². The van der Waals surface area contributed by atoms with Gasteiger partial charge in [0.2, 0.25) is 11.8 Å². The van der Waals surface area contributed by atoms with Gasteiger partial charge in [-0.05, 0) is 32.1 Å². The first-order valence-corrected chi connectivity index (χ1v) is 9.21. The van der Waals surface area contributed by atoms with E-state index < -0.39 is 0 Å². The Labute approximate surface area is 143 Å². The predicted octanol–water partition coefficient (Wildman–Crippen LogP) is 2.62. The number of carbonyl (C=O) groups is 2. The lowest BCUT2D eigenvalue weighted by Gasteiger charge is -2.35. The summed E-state index contributed by atoms with van der Waals surface area (Å²) in [4.78, 5) is 28.3. The van der Waals surface area contributed by atoms with E-state index in [4.69, 9.17) is 0 Å². The van der Waals surface area contributed by atoms with Crippen LogP contribution < -0.4 is 0 Å². The molecule has 1 aliphatic heterocycles. The molecule has 0 aromatic heterocycles. The molecule has 1 aliphatic rings. The van der Waals surface area contributed by atoms with Crippen LogP contribution in [0.3, 0.4) is 0 Å². The van der Waals surface area contributed by atoms with Gasteiger partial charge in [-0.3, -0.25) is 9.59 Å². The van der Waals surface area contributed by atoms with Crippen LogP contribution in [0.2, 0.25) is 0 Å². The standard InChI is InChI=1S/C18H26N2O2S/c1-5-23-15(4)18(22)20-7-6-19(17(21)12-20)11-16-9-13(2)8-14(3)10-16/h8-10,15H,5-7,11-12H2,1-4H3. The Kier molecular flexibility index (Phi) is 6.10. The molecule has 1 unspecified atom stereocenters. The first-order valence-electron chi connectivity index (χ1n) is 8.16. The summed E-state index contributed by atoms with van der Waals surface area (Å²) in [5.41, 5.74) is 3.59. The molecule has 0 saturated carbocycles. The van der Waals surface area contributed by atoms with Crippen molar-refractivity contribution in [2.45, 2.75) is 39.5 Å². The molecule has 2 amide bonds. The van der Waals surface area contributed by atoms with Gasteiger partial charge < -0.3 is 9.80 Å². The lowest BCUT2D eigenvalue weighted by molar-refractivity contribution is -0.145. The first-order chi connectivity index (χ1) is 10.9. The van der Waals surface area contributed by atoms with Crippen molar-refractivity contribution in [3.05, 3.63) is 34.9 Å². The summed E-state index contributed by atoms with van der Waals surface area (Å²) in [7, 11) is 0. The van der Waals surface area contributed by atoms with Crippen LogP contribution in [0.4, 0.5) is 0 Å². The van der Waals surface area contributed by atoms with Crippen LogP contribution >= 0.6 is 11.8 Å². The molecule has 2 rings (SSSR count). The molecule has 23 heavy (non-hydrogen) atoms. The zero-order valence-corrected chi connectivity index (χ0v) is 15.3. The minimum Gasteiger partial charge on any atom is -0.335 e. The summed E-state index contributed by atoms with van der Waals surface area (Å²) >= 11 is 1.62. The van der Waals surface area contributed by atoms with E-state index in [-0.39, 0.29) is 23.6 Å². The topological polar surface area (TPSA) is 40.6 Å². The average molecular weight is 334 g/mol. The molecule has 0 N–H and O–H groups in total. The van der Waals surface area contributed by atoms with E-state index in [1.54, 1.807) is 16.7 Å². The van der Waals surface area contributed by atoms with E-state index in [1.807, 2.05) is 18.7 Å². The molecule has 5 heteroatoms. The van der Waals surface area contributed by atoms with Gasteiger partial charge in [0.25, 0.3) is 0 Å². The largest absolute Gasteiger partial charge is 0.335 e. The summed E-state index contributed by atoms with van der Waals surface area (Å²) in [6.45, 7) is 10.2. The van der Waals surface area contributed by atoms with E-state index >= 15 is 0 Å². The van der Waals surface area contributed by atoms with Crippen LogP contribution in [0.25, 0.3) is 0 Å². The van der Waals surface area contributed by atoms with Gasteiger partial charge in [0.1, 0.15) is 0 Å². The molecule has 0 aliphatic carbocycles. The minimum absolute atomic E-state index is 0.0393. The number of nitrogens with zero attached hydrogens (tertiary/aromatic N) is 2. The van der Waals surface area contributed by atoms with E-state index in [9.17, 15) is 9.59 Å². The number of carbonyl (C=O) groups excluding carboxylic acids is 2. The number of piperazine rings is 1. The van der Waals surface area contributed by atoms with Crippen molar-refractivity contribution in [1.29, 1.82) is 0 Å². The number of aryl methyl sites for hydroxylation is 2. The van der Waals surface area contributed by atoms with Crippen LogP contribution in [0.1, 0.15) is 30.5 Å². The molecule has 1 heterocycles. The Morgan fingerprint density at radius 3 is 2.43 bits per heavy atom. The molecule has 4 nitrogen and oxygen atoms in total. The highest BCUT2D eigenvalue weighted by Gasteiger charge is 2.29. The van der Waals surface area contributed by atoms with Crippen molar-refractivity contribution in [3.63, 3.8) is 0 Å². The van der Waals surface area contributed by atoms with Crippen molar-refractivity contribution in [2.75, 3.05) is 25.4 Å². The number of hydrogen-bond acceptors (Lipinski definition) is 3. The monoisotopic (exact) mass is 334 g/mol. The molecule has 126 valence electrons. The van der Waals surface area contributed by atoms with E-state index in [2.05, 4.69) is 32.0 Å². The van der Waals surface area contributed by atoms with Crippen molar-refractivity contribution >= 4 is 23.6 Å². The Balaban J connectivity index is 1.96. The van der Waals surface area contributed by atoms with Crippen molar-refractivity contribution in [1.82, 2.24) is 9.80 Å². The maximum atomic E-state index is 12.4. The molecular formula is C18H26N2O2S. The van der Waals surface area contributed by atoms with Crippen LogP contribution in [-0.2, 0) is 16.1 Å². The molecule has 1 fully saturated rings. The fraction of sp³-hybridized carbons (Fsp3) is 0.556. The lowest BCUT2D eigenvalue weighted by atomic mass is 10.1. The van der Waals surface area contributed by atoms with Crippen LogP contribution in [0.5, 0.6) is 0 Å². The van der Waals surface area contributed by atoms with Gasteiger partial charge in [0.05, 0.1) is 11.8 Å². The Bertz CT molecular complexity index is 568. The van der Waals surface area contributed by atoms with Gasteiger partial charge in [-0.2, -0.15) is 0 Å². The SMILES string of the molecule is CCSC(C)C(=O)N1CCN(Cc2cc(C)cc(C)c2)C(=O)C1. The summed E-state index contributed by atoms with van der Waals surface area (Å²) in [5, 5.41) is -0.0706. The van der Waals surface area contributed by atoms with Crippen molar-refractivity contribution in [2.24, 2.45) is 0 Å². The number of benzene rings is 1. The Hall–Kier alpha value is -1.49. The minimum atomic E-state index is -0.0706. The number of thioether (sulfide) groups is 1. The summed E-state index contributed by atoms with van der Waals surface area (Å²) < 4.78 is 0. The number of hydrogen-bond donors (Lipinski definition) is 0. The molecule has 1 atom stereocenters. The van der Waals surface area contributed by atoms with E-state index in [0.29, 0.717) is 19.6 Å². The van der Waals surface area contributed by atoms with Crippen LogP contribution in [0.15, 0.2) is 18.2 Å². The zero-order chi connectivity index (χ0) is 17.0. The van der Waals surface area contributed by atoms with Gasteiger partial charge in [0.15, 0.2) is 0 Å². The second-order valence-corrected chi connectivity index (χ2v) is 7.79. The second kappa shape index (κ2) is 7.86. The lowest BCUT2D eigenvalue weighted by Crippen LogP contribution is -2.53. The second-order valence-electron chi connectivity index (χ2n) is 6.17. The summed E-state index contributed by atoms with van der Waals surface area (Å²) in [6, 6.07) is 6.38. The molecule has 0 spiro atoms.